The molecule has 1 unspecified atom stereocenters. The van der Waals surface area contributed by atoms with Crippen molar-refractivity contribution in [1.29, 1.82) is 0 Å². The number of carbonyl (C=O) groups excluding carboxylic acids is 2. The number of rotatable bonds is 3. The van der Waals surface area contributed by atoms with Gasteiger partial charge in [0.05, 0.1) is 4.92 Å². The summed E-state index contributed by atoms with van der Waals surface area (Å²) in [5.41, 5.74) is -0.664. The molecule has 0 saturated carbocycles. The molecule has 0 aromatic heterocycles. The van der Waals surface area contributed by atoms with Gasteiger partial charge in [-0.1, -0.05) is 11.6 Å². The third kappa shape index (κ3) is 3.69. The lowest BCUT2D eigenvalue weighted by molar-refractivity contribution is -0.385. The predicted molar refractivity (Wildman–Crippen MR) is 74.2 cm³/mol. The highest BCUT2D eigenvalue weighted by Gasteiger charge is 2.28. The Bertz CT molecular complexity index is 590. The summed E-state index contributed by atoms with van der Waals surface area (Å²) in [6.45, 7) is 0.536. The maximum atomic E-state index is 12.1. The van der Waals surface area contributed by atoms with Crippen LogP contribution in [0.25, 0.3) is 0 Å². The number of carbonyl (C=O) groups is 2. The number of ether oxygens (including phenoxy) is 1. The maximum Gasteiger partial charge on any atom is 0.345 e. The fourth-order valence-electron chi connectivity index (χ4n) is 2.04. The van der Waals surface area contributed by atoms with Crippen LogP contribution in [0.2, 0.25) is 5.02 Å². The van der Waals surface area contributed by atoms with Gasteiger partial charge in [-0.25, -0.2) is 4.79 Å². The Hall–Kier alpha value is -2.15. The molecule has 2 rings (SSSR count). The summed E-state index contributed by atoms with van der Waals surface area (Å²) in [4.78, 5) is 34.0. The van der Waals surface area contributed by atoms with Gasteiger partial charge >= 0.3 is 5.97 Å². The molecule has 7 nitrogen and oxygen atoms in total. The summed E-state index contributed by atoms with van der Waals surface area (Å²) >= 11 is 5.68. The summed E-state index contributed by atoms with van der Waals surface area (Å²) in [5, 5.41) is 13.7. The number of nitrogens with zero attached hydrogens (tertiary/aromatic N) is 1. The van der Waals surface area contributed by atoms with Gasteiger partial charge in [-0.15, -0.1) is 0 Å². The van der Waals surface area contributed by atoms with Crippen molar-refractivity contribution in [2.24, 2.45) is 0 Å². The Morgan fingerprint density at radius 2 is 2.19 bits per heavy atom. The molecule has 0 spiro atoms. The van der Waals surface area contributed by atoms with E-state index in [4.69, 9.17) is 16.3 Å². The molecular weight excluding hydrogens is 300 g/mol. The van der Waals surface area contributed by atoms with Crippen LogP contribution >= 0.6 is 11.6 Å². The van der Waals surface area contributed by atoms with Crippen LogP contribution in [0.3, 0.4) is 0 Å². The zero-order valence-corrected chi connectivity index (χ0v) is 11.8. The average molecular weight is 313 g/mol. The number of halogens is 1. The van der Waals surface area contributed by atoms with E-state index in [0.29, 0.717) is 13.0 Å². The second-order valence-corrected chi connectivity index (χ2v) is 5.04. The number of amides is 1. The van der Waals surface area contributed by atoms with Gasteiger partial charge in [0, 0.05) is 17.6 Å². The topological polar surface area (TPSA) is 98.5 Å². The molecule has 1 heterocycles. The predicted octanol–water partition coefficient (Wildman–Crippen LogP) is 2.07. The summed E-state index contributed by atoms with van der Waals surface area (Å²) < 4.78 is 5.10. The average Bonchev–Trinajstić information content (AvgIpc) is 2.64. The number of nitrogens with one attached hydrogen (secondary N) is 1. The smallest absolute Gasteiger partial charge is 0.345 e. The molecule has 0 aliphatic carbocycles. The van der Waals surface area contributed by atoms with Crippen molar-refractivity contribution < 1.29 is 19.2 Å². The van der Waals surface area contributed by atoms with Crippen LogP contribution in [0.1, 0.15) is 29.6 Å². The number of esters is 1. The molecule has 1 aromatic rings. The molecule has 1 aliphatic rings. The largest absolute Gasteiger partial charge is 0.448 e. The lowest BCUT2D eigenvalue weighted by Crippen LogP contribution is -2.36. The highest BCUT2D eigenvalue weighted by atomic mass is 35.5. The second-order valence-electron chi connectivity index (χ2n) is 4.60. The Kier molecular flexibility index (Phi) is 4.74. The van der Waals surface area contributed by atoms with Crippen LogP contribution in [0.4, 0.5) is 5.69 Å². The van der Waals surface area contributed by atoms with Crippen molar-refractivity contribution in [3.63, 3.8) is 0 Å². The minimum atomic E-state index is -0.921. The summed E-state index contributed by atoms with van der Waals surface area (Å²) in [5.74, 6) is -1.28. The Morgan fingerprint density at radius 3 is 2.90 bits per heavy atom. The molecule has 1 saturated heterocycles. The SMILES string of the molecule is O=C(OC1CCCCNC1=O)c1ccc(Cl)cc1[N+](=O)[O-]. The highest BCUT2D eigenvalue weighted by Crippen LogP contribution is 2.24. The van der Waals surface area contributed by atoms with E-state index in [1.165, 1.54) is 12.1 Å². The van der Waals surface area contributed by atoms with Crippen LogP contribution in [-0.2, 0) is 9.53 Å². The number of hydrogen-bond donors (Lipinski definition) is 1. The zero-order chi connectivity index (χ0) is 15.4. The standard InChI is InChI=1S/C13H13ClN2O5/c14-8-4-5-9(10(7-8)16(19)20)13(18)21-11-3-1-2-6-15-12(11)17/h4-5,7,11H,1-3,6H2,(H,15,17). The van der Waals surface area contributed by atoms with Crippen molar-refractivity contribution in [2.45, 2.75) is 25.4 Å². The van der Waals surface area contributed by atoms with E-state index in [2.05, 4.69) is 5.32 Å². The molecule has 1 aromatic carbocycles. The third-order valence-corrected chi connectivity index (χ3v) is 3.35. The van der Waals surface area contributed by atoms with Gasteiger partial charge in [-0.3, -0.25) is 14.9 Å². The third-order valence-electron chi connectivity index (χ3n) is 3.11. The van der Waals surface area contributed by atoms with E-state index >= 15 is 0 Å². The summed E-state index contributed by atoms with van der Waals surface area (Å²) in [6, 6.07) is 3.65. The van der Waals surface area contributed by atoms with Crippen LogP contribution in [-0.4, -0.2) is 29.4 Å². The molecule has 112 valence electrons. The van der Waals surface area contributed by atoms with Crippen LogP contribution in [0, 0.1) is 10.1 Å². The summed E-state index contributed by atoms with van der Waals surface area (Å²) in [7, 11) is 0. The van der Waals surface area contributed by atoms with Crippen molar-refractivity contribution in [1.82, 2.24) is 5.32 Å². The first kappa shape index (κ1) is 15.2. The fraction of sp³-hybridized carbons (Fsp3) is 0.385. The zero-order valence-electron chi connectivity index (χ0n) is 11.0. The molecule has 1 amide bonds. The monoisotopic (exact) mass is 312 g/mol. The molecule has 1 N–H and O–H groups in total. The first-order chi connectivity index (χ1) is 9.99. The molecule has 1 fully saturated rings. The van der Waals surface area contributed by atoms with E-state index in [-0.39, 0.29) is 16.5 Å². The normalized spacial score (nSPS) is 18.5. The second kappa shape index (κ2) is 6.53. The van der Waals surface area contributed by atoms with E-state index in [9.17, 15) is 19.7 Å². The first-order valence-corrected chi connectivity index (χ1v) is 6.79. The molecule has 8 heteroatoms. The molecule has 0 radical (unpaired) electrons. The van der Waals surface area contributed by atoms with Crippen LogP contribution in [0.5, 0.6) is 0 Å². The molecule has 1 atom stereocenters. The van der Waals surface area contributed by atoms with Gasteiger partial charge in [0.25, 0.3) is 11.6 Å². The number of benzene rings is 1. The maximum absolute atomic E-state index is 12.1. The lowest BCUT2D eigenvalue weighted by Gasteiger charge is -2.14. The number of hydrogen-bond acceptors (Lipinski definition) is 5. The minimum absolute atomic E-state index is 0.144. The van der Waals surface area contributed by atoms with E-state index in [1.54, 1.807) is 0 Å². The summed E-state index contributed by atoms with van der Waals surface area (Å²) in [6.07, 6.45) is 1.02. The van der Waals surface area contributed by atoms with E-state index in [1.807, 2.05) is 0 Å². The van der Waals surface area contributed by atoms with Crippen molar-refractivity contribution in [3.05, 3.63) is 38.9 Å². The van der Waals surface area contributed by atoms with Gasteiger partial charge in [0.2, 0.25) is 0 Å². The van der Waals surface area contributed by atoms with E-state index < -0.39 is 22.7 Å². The number of nitro groups is 1. The molecule has 1 aliphatic heterocycles. The number of nitro benzene ring substituents is 1. The minimum Gasteiger partial charge on any atom is -0.448 e. The lowest BCUT2D eigenvalue weighted by atomic mass is 10.1. The van der Waals surface area contributed by atoms with Gasteiger partial charge in [-0.2, -0.15) is 0 Å². The van der Waals surface area contributed by atoms with Crippen LogP contribution < -0.4 is 5.32 Å². The molecular formula is C13H13ClN2O5. The Labute approximate surface area is 125 Å². The van der Waals surface area contributed by atoms with Crippen molar-refractivity contribution >= 4 is 29.2 Å². The Morgan fingerprint density at radius 1 is 1.43 bits per heavy atom. The van der Waals surface area contributed by atoms with Crippen molar-refractivity contribution in [2.75, 3.05) is 6.54 Å². The van der Waals surface area contributed by atoms with Gasteiger partial charge in [0.1, 0.15) is 5.56 Å². The molecule has 21 heavy (non-hydrogen) atoms. The fourth-order valence-corrected chi connectivity index (χ4v) is 2.21. The van der Waals surface area contributed by atoms with E-state index in [0.717, 1.165) is 18.9 Å². The highest BCUT2D eigenvalue weighted by molar-refractivity contribution is 6.31. The van der Waals surface area contributed by atoms with Gasteiger partial charge in [0.15, 0.2) is 6.10 Å². The Balaban J connectivity index is 2.20. The first-order valence-electron chi connectivity index (χ1n) is 6.41. The quantitative estimate of drug-likeness (QED) is 0.523. The van der Waals surface area contributed by atoms with Crippen molar-refractivity contribution in [3.8, 4) is 0 Å². The van der Waals surface area contributed by atoms with Crippen LogP contribution in [0.15, 0.2) is 18.2 Å². The van der Waals surface area contributed by atoms with Gasteiger partial charge in [-0.05, 0) is 31.4 Å². The molecule has 0 bridgehead atoms. The van der Waals surface area contributed by atoms with Gasteiger partial charge < -0.3 is 10.1 Å².